The molecule has 1 fully saturated rings. The summed E-state index contributed by atoms with van der Waals surface area (Å²) in [6.07, 6.45) is 3.04. The third-order valence-electron chi connectivity index (χ3n) is 5.18. The largest absolute Gasteiger partial charge is 0.484 e. The highest BCUT2D eigenvalue weighted by Crippen LogP contribution is 2.19. The summed E-state index contributed by atoms with van der Waals surface area (Å²) in [5.74, 6) is -0.0416. The second-order valence-corrected chi connectivity index (χ2v) is 7.39. The summed E-state index contributed by atoms with van der Waals surface area (Å²) in [4.78, 5) is 26.7. The number of carbonyl (C=O) groups excluding carboxylic acids is 2. The van der Waals surface area contributed by atoms with E-state index in [0.717, 1.165) is 11.3 Å². The van der Waals surface area contributed by atoms with Crippen molar-refractivity contribution < 1.29 is 19.4 Å². The van der Waals surface area contributed by atoms with Crippen molar-refractivity contribution in [1.82, 2.24) is 20.0 Å². The standard InChI is InChI=1S/C23H24N4O4/c28-19-13-21(26(15-19)22(29)16-31-20-5-2-1-3-6-20)23(30)24-14-17-7-9-18(10-8-17)27-12-4-11-25-27/h1-12,19,21,28H,13-16H2,(H,24,30)/t19-,21-/m1/s1. The Bertz CT molecular complexity index is 1010. The topological polar surface area (TPSA) is 96.7 Å². The van der Waals surface area contributed by atoms with Crippen LogP contribution in [0, 0.1) is 0 Å². The molecule has 2 heterocycles. The maximum atomic E-state index is 12.7. The molecule has 1 saturated heterocycles. The first kappa shape index (κ1) is 20.6. The Labute approximate surface area is 180 Å². The van der Waals surface area contributed by atoms with Gasteiger partial charge in [-0.3, -0.25) is 9.59 Å². The lowest BCUT2D eigenvalue weighted by molar-refractivity contribution is -0.140. The van der Waals surface area contributed by atoms with E-state index in [4.69, 9.17) is 4.74 Å². The molecule has 8 heteroatoms. The van der Waals surface area contributed by atoms with Crippen molar-refractivity contribution in [3.63, 3.8) is 0 Å². The molecule has 4 rings (SSSR count). The van der Waals surface area contributed by atoms with Crippen molar-refractivity contribution in [3.05, 3.63) is 78.6 Å². The molecule has 1 aliphatic heterocycles. The first-order valence-electron chi connectivity index (χ1n) is 10.1. The van der Waals surface area contributed by atoms with Crippen LogP contribution >= 0.6 is 0 Å². The van der Waals surface area contributed by atoms with E-state index in [1.807, 2.05) is 54.7 Å². The van der Waals surface area contributed by atoms with Gasteiger partial charge in [0.05, 0.1) is 11.8 Å². The van der Waals surface area contributed by atoms with E-state index in [2.05, 4.69) is 10.4 Å². The molecule has 2 atom stereocenters. The predicted octanol–water partition coefficient (Wildman–Crippen LogP) is 1.53. The molecule has 0 unspecified atom stereocenters. The highest BCUT2D eigenvalue weighted by Gasteiger charge is 2.38. The van der Waals surface area contributed by atoms with Crippen LogP contribution in [0.25, 0.3) is 5.69 Å². The van der Waals surface area contributed by atoms with Crippen molar-refractivity contribution in [3.8, 4) is 11.4 Å². The average Bonchev–Trinajstić information content (AvgIpc) is 3.47. The second kappa shape index (κ2) is 9.44. The molecule has 160 valence electrons. The van der Waals surface area contributed by atoms with Crippen LogP contribution in [0.5, 0.6) is 5.75 Å². The fraction of sp³-hybridized carbons (Fsp3) is 0.261. The van der Waals surface area contributed by atoms with Gasteiger partial charge in [0, 0.05) is 31.9 Å². The van der Waals surface area contributed by atoms with Crippen LogP contribution in [0.1, 0.15) is 12.0 Å². The van der Waals surface area contributed by atoms with Crippen molar-refractivity contribution in [2.75, 3.05) is 13.2 Å². The number of hydrogen-bond donors (Lipinski definition) is 2. The molecule has 2 aromatic carbocycles. The Morgan fingerprint density at radius 1 is 1.10 bits per heavy atom. The van der Waals surface area contributed by atoms with E-state index in [0.29, 0.717) is 12.3 Å². The van der Waals surface area contributed by atoms with Gasteiger partial charge in [-0.1, -0.05) is 30.3 Å². The third kappa shape index (κ3) is 5.10. The lowest BCUT2D eigenvalue weighted by Gasteiger charge is -2.23. The summed E-state index contributed by atoms with van der Waals surface area (Å²) in [5.41, 5.74) is 1.85. The van der Waals surface area contributed by atoms with Gasteiger partial charge in [0.25, 0.3) is 5.91 Å². The van der Waals surface area contributed by atoms with Crippen LogP contribution in [-0.2, 0) is 16.1 Å². The van der Waals surface area contributed by atoms with Gasteiger partial charge in [0.2, 0.25) is 5.91 Å². The van der Waals surface area contributed by atoms with Gasteiger partial charge in [-0.15, -0.1) is 0 Å². The monoisotopic (exact) mass is 420 g/mol. The Morgan fingerprint density at radius 3 is 2.58 bits per heavy atom. The molecule has 1 aromatic heterocycles. The van der Waals surface area contributed by atoms with Crippen LogP contribution in [-0.4, -0.2) is 56.9 Å². The maximum absolute atomic E-state index is 12.7. The van der Waals surface area contributed by atoms with Crippen LogP contribution in [0.2, 0.25) is 0 Å². The molecule has 3 aromatic rings. The summed E-state index contributed by atoms with van der Waals surface area (Å²) in [5, 5.41) is 17.1. The summed E-state index contributed by atoms with van der Waals surface area (Å²) in [6.45, 7) is 0.260. The normalized spacial score (nSPS) is 18.0. The van der Waals surface area contributed by atoms with Gasteiger partial charge in [-0.05, 0) is 35.9 Å². The molecular weight excluding hydrogens is 396 g/mol. The maximum Gasteiger partial charge on any atom is 0.261 e. The fourth-order valence-corrected chi connectivity index (χ4v) is 3.58. The number of aliphatic hydroxyl groups is 1. The first-order valence-corrected chi connectivity index (χ1v) is 10.1. The quantitative estimate of drug-likeness (QED) is 0.604. The minimum Gasteiger partial charge on any atom is -0.484 e. The number of aromatic nitrogens is 2. The van der Waals surface area contributed by atoms with E-state index >= 15 is 0 Å². The van der Waals surface area contributed by atoms with Crippen LogP contribution < -0.4 is 10.1 Å². The molecule has 2 N–H and O–H groups in total. The fourth-order valence-electron chi connectivity index (χ4n) is 3.58. The molecule has 0 radical (unpaired) electrons. The molecule has 1 aliphatic rings. The zero-order chi connectivity index (χ0) is 21.6. The number of nitrogens with zero attached hydrogens (tertiary/aromatic N) is 3. The third-order valence-corrected chi connectivity index (χ3v) is 5.18. The van der Waals surface area contributed by atoms with Crippen LogP contribution in [0.15, 0.2) is 73.1 Å². The molecule has 8 nitrogen and oxygen atoms in total. The van der Waals surface area contributed by atoms with Gasteiger partial charge in [0.1, 0.15) is 11.8 Å². The van der Waals surface area contributed by atoms with Crippen molar-refractivity contribution in [2.45, 2.75) is 25.1 Å². The van der Waals surface area contributed by atoms with Crippen molar-refractivity contribution in [2.24, 2.45) is 0 Å². The Balaban J connectivity index is 1.32. The number of para-hydroxylation sites is 1. The van der Waals surface area contributed by atoms with Crippen LogP contribution in [0.4, 0.5) is 0 Å². The first-order chi connectivity index (χ1) is 15.1. The minimum absolute atomic E-state index is 0.119. The lowest BCUT2D eigenvalue weighted by atomic mass is 10.1. The number of likely N-dealkylation sites (tertiary alicyclic amines) is 1. The second-order valence-electron chi connectivity index (χ2n) is 7.39. The minimum atomic E-state index is -0.732. The predicted molar refractivity (Wildman–Crippen MR) is 113 cm³/mol. The number of amides is 2. The highest BCUT2D eigenvalue weighted by molar-refractivity contribution is 5.89. The molecule has 0 spiro atoms. The SMILES string of the molecule is O=C(NCc1ccc(-n2cccn2)cc1)[C@H]1C[C@@H](O)CN1C(=O)COc1ccccc1. The number of carbonyl (C=O) groups is 2. The molecule has 0 aliphatic carbocycles. The van der Waals surface area contributed by atoms with Gasteiger partial charge in [0.15, 0.2) is 6.61 Å². The van der Waals surface area contributed by atoms with Crippen molar-refractivity contribution in [1.29, 1.82) is 0 Å². The molecule has 2 amide bonds. The summed E-state index contributed by atoms with van der Waals surface area (Å²) in [6, 6.07) is 17.8. The van der Waals surface area contributed by atoms with Gasteiger partial charge >= 0.3 is 0 Å². The van der Waals surface area contributed by atoms with E-state index in [1.165, 1.54) is 4.90 Å². The smallest absolute Gasteiger partial charge is 0.261 e. The van der Waals surface area contributed by atoms with E-state index in [1.54, 1.807) is 23.0 Å². The van der Waals surface area contributed by atoms with E-state index in [9.17, 15) is 14.7 Å². The molecule has 0 bridgehead atoms. The number of nitrogens with one attached hydrogen (secondary N) is 1. The number of rotatable bonds is 7. The number of aliphatic hydroxyl groups excluding tert-OH is 1. The van der Waals surface area contributed by atoms with Crippen molar-refractivity contribution >= 4 is 11.8 Å². The Hall–Kier alpha value is -3.65. The Morgan fingerprint density at radius 2 is 1.87 bits per heavy atom. The molecule has 31 heavy (non-hydrogen) atoms. The Kier molecular flexibility index (Phi) is 6.28. The van der Waals surface area contributed by atoms with E-state index in [-0.39, 0.29) is 31.4 Å². The van der Waals surface area contributed by atoms with E-state index < -0.39 is 12.1 Å². The molecular formula is C23H24N4O4. The van der Waals surface area contributed by atoms with Gasteiger partial charge < -0.3 is 20.1 Å². The zero-order valence-electron chi connectivity index (χ0n) is 16.9. The van der Waals surface area contributed by atoms with Gasteiger partial charge in [-0.25, -0.2) is 4.68 Å². The average molecular weight is 420 g/mol. The van der Waals surface area contributed by atoms with Gasteiger partial charge in [-0.2, -0.15) is 5.10 Å². The number of hydrogen-bond acceptors (Lipinski definition) is 5. The zero-order valence-corrected chi connectivity index (χ0v) is 16.9. The summed E-state index contributed by atoms with van der Waals surface area (Å²) < 4.78 is 7.26. The number of benzene rings is 2. The number of ether oxygens (including phenoxy) is 1. The molecule has 0 saturated carbocycles. The lowest BCUT2D eigenvalue weighted by Crippen LogP contribution is -2.47. The van der Waals surface area contributed by atoms with Crippen LogP contribution in [0.3, 0.4) is 0 Å². The number of β-amino-alcohol motifs (C(OH)–C–C–N with tert-alkyl or cyclic N) is 1. The summed E-state index contributed by atoms with van der Waals surface area (Å²) >= 11 is 0. The summed E-state index contributed by atoms with van der Waals surface area (Å²) in [7, 11) is 0. The highest BCUT2D eigenvalue weighted by atomic mass is 16.5.